The number of piperidine rings is 2. The van der Waals surface area contributed by atoms with Gasteiger partial charge in [-0.25, -0.2) is 0 Å². The van der Waals surface area contributed by atoms with E-state index in [0.717, 1.165) is 32.5 Å². The molecule has 0 unspecified atom stereocenters. The van der Waals surface area contributed by atoms with Crippen LogP contribution in [0.25, 0.3) is 0 Å². The Kier molecular flexibility index (Phi) is 4.61. The first-order valence-corrected chi connectivity index (χ1v) is 8.36. The van der Waals surface area contributed by atoms with Gasteiger partial charge in [-0.3, -0.25) is 4.79 Å². The molecule has 3 saturated heterocycles. The van der Waals surface area contributed by atoms with Crippen LogP contribution < -0.4 is 0 Å². The molecule has 0 aromatic rings. The number of likely N-dealkylation sites (tertiary alicyclic amines) is 1. The van der Waals surface area contributed by atoms with Gasteiger partial charge in [0.1, 0.15) is 6.10 Å². The van der Waals surface area contributed by atoms with Crippen LogP contribution in [0.4, 0.5) is 0 Å². The van der Waals surface area contributed by atoms with Gasteiger partial charge in [-0.1, -0.05) is 6.42 Å². The minimum Gasteiger partial charge on any atom is -0.462 e. The molecule has 3 rings (SSSR count). The van der Waals surface area contributed by atoms with Gasteiger partial charge < -0.3 is 14.5 Å². The van der Waals surface area contributed by atoms with E-state index >= 15 is 0 Å². The van der Waals surface area contributed by atoms with Crippen molar-refractivity contribution in [1.82, 2.24) is 9.80 Å². The van der Waals surface area contributed by atoms with Crippen LogP contribution in [0.2, 0.25) is 0 Å². The molecule has 0 aliphatic carbocycles. The number of rotatable bonds is 4. The summed E-state index contributed by atoms with van der Waals surface area (Å²) in [5.41, 5.74) is 0. The highest BCUT2D eigenvalue weighted by Crippen LogP contribution is 2.35. The average molecular weight is 280 g/mol. The topological polar surface area (TPSA) is 32.8 Å². The van der Waals surface area contributed by atoms with Crippen LogP contribution in [0.15, 0.2) is 0 Å². The van der Waals surface area contributed by atoms with Gasteiger partial charge in [-0.05, 0) is 58.7 Å². The molecule has 0 aromatic carbocycles. The molecule has 3 heterocycles. The molecule has 20 heavy (non-hydrogen) atoms. The monoisotopic (exact) mass is 280 g/mol. The number of hydrogen-bond donors (Lipinski definition) is 0. The van der Waals surface area contributed by atoms with Crippen LogP contribution in [0.1, 0.15) is 51.4 Å². The second-order valence-electron chi connectivity index (χ2n) is 6.79. The molecule has 0 aromatic heterocycles. The summed E-state index contributed by atoms with van der Waals surface area (Å²) in [5.74, 6) is 0.0181. The first-order valence-electron chi connectivity index (χ1n) is 8.36. The second-order valence-corrected chi connectivity index (χ2v) is 6.79. The Morgan fingerprint density at radius 1 is 1.10 bits per heavy atom. The summed E-state index contributed by atoms with van der Waals surface area (Å²) >= 11 is 0. The Labute approximate surface area is 122 Å². The van der Waals surface area contributed by atoms with Crippen molar-refractivity contribution in [2.24, 2.45) is 0 Å². The molecule has 3 fully saturated rings. The van der Waals surface area contributed by atoms with Gasteiger partial charge in [0.2, 0.25) is 0 Å². The number of hydrogen-bond acceptors (Lipinski definition) is 4. The van der Waals surface area contributed by atoms with E-state index in [0.29, 0.717) is 18.5 Å². The van der Waals surface area contributed by atoms with E-state index in [1.54, 1.807) is 0 Å². The quantitative estimate of drug-likeness (QED) is 0.738. The lowest BCUT2D eigenvalue weighted by Crippen LogP contribution is -2.43. The molecule has 0 amide bonds. The summed E-state index contributed by atoms with van der Waals surface area (Å²) in [4.78, 5) is 16.9. The lowest BCUT2D eigenvalue weighted by molar-refractivity contribution is -0.152. The van der Waals surface area contributed by atoms with E-state index in [-0.39, 0.29) is 12.1 Å². The number of carbonyl (C=O) groups is 1. The third kappa shape index (κ3) is 3.34. The van der Waals surface area contributed by atoms with Gasteiger partial charge in [-0.15, -0.1) is 0 Å². The Hall–Kier alpha value is -0.610. The van der Waals surface area contributed by atoms with Crippen molar-refractivity contribution in [3.05, 3.63) is 0 Å². The zero-order valence-corrected chi connectivity index (χ0v) is 12.7. The van der Waals surface area contributed by atoms with Crippen LogP contribution in [-0.2, 0) is 9.53 Å². The fourth-order valence-corrected chi connectivity index (χ4v) is 4.14. The van der Waals surface area contributed by atoms with Crippen molar-refractivity contribution >= 4 is 5.97 Å². The predicted octanol–water partition coefficient (Wildman–Crippen LogP) is 2.03. The van der Waals surface area contributed by atoms with Crippen molar-refractivity contribution in [3.63, 3.8) is 0 Å². The Morgan fingerprint density at radius 2 is 1.75 bits per heavy atom. The van der Waals surface area contributed by atoms with Gasteiger partial charge in [0.25, 0.3) is 0 Å². The minimum absolute atomic E-state index is 0.0181. The molecule has 0 saturated carbocycles. The normalized spacial score (nSPS) is 35.1. The maximum atomic E-state index is 12.0. The van der Waals surface area contributed by atoms with Crippen LogP contribution in [-0.4, -0.2) is 60.6 Å². The number of fused-ring (bicyclic) bond motifs is 2. The standard InChI is InChI=1S/C16H28N2O2/c1-17-13-5-6-14(17)12-15(11-13)20-16(19)7-10-18-8-3-2-4-9-18/h13-15H,2-12H2,1H3/t13-,14-/m0/s1. The van der Waals surface area contributed by atoms with Gasteiger partial charge >= 0.3 is 5.97 Å². The smallest absolute Gasteiger partial charge is 0.307 e. The van der Waals surface area contributed by atoms with Gasteiger partial charge in [0.05, 0.1) is 6.42 Å². The summed E-state index contributed by atoms with van der Waals surface area (Å²) in [5, 5.41) is 0. The molecule has 3 aliphatic heterocycles. The fraction of sp³-hybridized carbons (Fsp3) is 0.938. The Balaban J connectivity index is 1.38. The summed E-state index contributed by atoms with van der Waals surface area (Å²) in [7, 11) is 2.22. The van der Waals surface area contributed by atoms with Crippen molar-refractivity contribution in [1.29, 1.82) is 0 Å². The van der Waals surface area contributed by atoms with Crippen LogP contribution in [0, 0.1) is 0 Å². The summed E-state index contributed by atoms with van der Waals surface area (Å²) < 4.78 is 5.72. The molecule has 4 nitrogen and oxygen atoms in total. The Morgan fingerprint density at radius 3 is 2.40 bits per heavy atom. The minimum atomic E-state index is 0.0181. The van der Waals surface area contributed by atoms with Gasteiger partial charge in [-0.2, -0.15) is 0 Å². The highest BCUT2D eigenvalue weighted by atomic mass is 16.5. The molecule has 114 valence electrons. The molecule has 2 atom stereocenters. The highest BCUT2D eigenvalue weighted by Gasteiger charge is 2.39. The van der Waals surface area contributed by atoms with Crippen LogP contribution in [0.3, 0.4) is 0 Å². The molecule has 0 N–H and O–H groups in total. The first kappa shape index (κ1) is 14.3. The van der Waals surface area contributed by atoms with Crippen LogP contribution >= 0.6 is 0 Å². The van der Waals surface area contributed by atoms with E-state index in [2.05, 4.69) is 16.8 Å². The summed E-state index contributed by atoms with van der Waals surface area (Å²) in [6.45, 7) is 3.20. The van der Waals surface area contributed by atoms with E-state index in [9.17, 15) is 4.79 Å². The highest BCUT2D eigenvalue weighted by molar-refractivity contribution is 5.69. The molecule has 0 radical (unpaired) electrons. The van der Waals surface area contributed by atoms with Crippen LogP contribution in [0.5, 0.6) is 0 Å². The molecule has 0 spiro atoms. The van der Waals surface area contributed by atoms with E-state index in [1.807, 2.05) is 0 Å². The molecular formula is C16H28N2O2. The number of nitrogens with zero attached hydrogens (tertiary/aromatic N) is 2. The molecule has 3 aliphatic rings. The first-order chi connectivity index (χ1) is 9.72. The summed E-state index contributed by atoms with van der Waals surface area (Å²) in [6, 6.07) is 1.29. The third-order valence-electron chi connectivity index (χ3n) is 5.43. The number of esters is 1. The maximum Gasteiger partial charge on any atom is 0.307 e. The number of carbonyl (C=O) groups excluding carboxylic acids is 1. The SMILES string of the molecule is CN1[C@H]2CC[C@H]1CC(OC(=O)CCN1CCCCC1)C2. The zero-order valence-electron chi connectivity index (χ0n) is 12.7. The predicted molar refractivity (Wildman–Crippen MR) is 78.6 cm³/mol. The van der Waals surface area contributed by atoms with Crippen molar-refractivity contribution in [2.45, 2.75) is 69.6 Å². The molecular weight excluding hydrogens is 252 g/mol. The largest absolute Gasteiger partial charge is 0.462 e. The average Bonchev–Trinajstić information content (AvgIpc) is 2.68. The lowest BCUT2D eigenvalue weighted by atomic mass is 10.0. The molecule has 2 bridgehead atoms. The van der Waals surface area contributed by atoms with Crippen molar-refractivity contribution < 1.29 is 9.53 Å². The maximum absolute atomic E-state index is 12.0. The van der Waals surface area contributed by atoms with E-state index < -0.39 is 0 Å². The van der Waals surface area contributed by atoms with E-state index in [1.165, 1.54) is 32.1 Å². The van der Waals surface area contributed by atoms with Crippen molar-refractivity contribution in [2.75, 3.05) is 26.7 Å². The third-order valence-corrected chi connectivity index (χ3v) is 5.43. The number of ether oxygens (including phenoxy) is 1. The summed E-state index contributed by atoms with van der Waals surface area (Å²) in [6.07, 6.45) is 9.32. The molecule has 4 heteroatoms. The fourth-order valence-electron chi connectivity index (χ4n) is 4.14. The van der Waals surface area contributed by atoms with Gasteiger partial charge in [0.15, 0.2) is 0 Å². The van der Waals surface area contributed by atoms with E-state index in [4.69, 9.17) is 4.74 Å². The Bertz CT molecular complexity index is 327. The zero-order chi connectivity index (χ0) is 13.9. The van der Waals surface area contributed by atoms with Gasteiger partial charge in [0, 0.05) is 18.6 Å². The van der Waals surface area contributed by atoms with Crippen molar-refractivity contribution in [3.8, 4) is 0 Å². The lowest BCUT2D eigenvalue weighted by Gasteiger charge is -2.36. The second kappa shape index (κ2) is 6.44.